The summed E-state index contributed by atoms with van der Waals surface area (Å²) in [6.07, 6.45) is 13.0. The monoisotopic (exact) mass is 432 g/mol. The molecule has 0 radical (unpaired) electrons. The van der Waals surface area contributed by atoms with Gasteiger partial charge in [0.2, 0.25) is 5.70 Å². The molecule has 1 unspecified atom stereocenters. The van der Waals surface area contributed by atoms with Crippen molar-refractivity contribution in [3.05, 3.63) is 89.5 Å². The van der Waals surface area contributed by atoms with E-state index in [1.54, 1.807) is 6.20 Å². The van der Waals surface area contributed by atoms with Crippen molar-refractivity contribution < 1.29 is 8.74 Å². The maximum atomic E-state index is 7.14. The molecule has 158 valence electrons. The lowest BCUT2D eigenvalue weighted by atomic mass is 9.86. The Kier molecular flexibility index (Phi) is 5.75. The summed E-state index contributed by atoms with van der Waals surface area (Å²) in [5, 5.41) is 0. The van der Waals surface area contributed by atoms with Crippen LogP contribution < -0.4 is 4.74 Å². The summed E-state index contributed by atoms with van der Waals surface area (Å²) < 4.78 is 6.10. The van der Waals surface area contributed by atoms with E-state index in [9.17, 15) is 0 Å². The zero-order valence-corrected chi connectivity index (χ0v) is 18.3. The van der Waals surface area contributed by atoms with Crippen LogP contribution in [0.5, 0.6) is 5.75 Å². The van der Waals surface area contributed by atoms with E-state index < -0.39 is 0 Å². The predicted molar refractivity (Wildman–Crippen MR) is 126 cm³/mol. The number of halogens is 1. The Morgan fingerprint density at radius 2 is 1.84 bits per heavy atom. The Hall–Kier alpha value is -2.69. The molecule has 0 saturated heterocycles. The highest BCUT2D eigenvalue weighted by Gasteiger charge is 2.46. The van der Waals surface area contributed by atoms with Crippen molar-refractivity contribution in [3.63, 3.8) is 0 Å². The van der Waals surface area contributed by atoms with Gasteiger partial charge < -0.3 is 4.74 Å². The van der Waals surface area contributed by atoms with Gasteiger partial charge >= 0.3 is 0 Å². The van der Waals surface area contributed by atoms with Crippen LogP contribution in [0, 0.1) is 5.92 Å². The molecular formula is C26H27ClN3O+. The second-order valence-electron chi connectivity index (χ2n) is 8.49. The number of rotatable bonds is 6. The second kappa shape index (κ2) is 8.81. The van der Waals surface area contributed by atoms with Crippen molar-refractivity contribution in [3.8, 4) is 5.75 Å². The molecule has 0 amide bonds. The van der Waals surface area contributed by atoms with Gasteiger partial charge in [-0.25, -0.2) is 0 Å². The van der Waals surface area contributed by atoms with Gasteiger partial charge in [0.05, 0.1) is 18.0 Å². The molecule has 2 aromatic carbocycles. The maximum Gasteiger partial charge on any atom is 0.263 e. The Morgan fingerprint density at radius 1 is 1.00 bits per heavy atom. The molecule has 5 heteroatoms. The predicted octanol–water partition coefficient (Wildman–Crippen LogP) is 6.73. The van der Waals surface area contributed by atoms with Gasteiger partial charge in [0, 0.05) is 0 Å². The minimum atomic E-state index is 0.0493. The molecule has 3 aliphatic rings. The van der Waals surface area contributed by atoms with Crippen molar-refractivity contribution in [1.82, 2.24) is 0 Å². The number of benzene rings is 2. The highest BCUT2D eigenvalue weighted by Crippen LogP contribution is 2.41. The quantitative estimate of drug-likeness (QED) is 0.465. The number of fused-ring (bicyclic) bond motifs is 1. The Morgan fingerprint density at radius 3 is 2.68 bits per heavy atom. The van der Waals surface area contributed by atoms with Gasteiger partial charge in [-0.2, -0.15) is 4.99 Å². The number of allylic oxidation sites excluding steroid dienone is 2. The van der Waals surface area contributed by atoms with Gasteiger partial charge in [0.25, 0.3) is 5.84 Å². The van der Waals surface area contributed by atoms with E-state index in [1.165, 1.54) is 32.1 Å². The SMILES string of the molecule is Cl[N+]12C=CN=CC1=C(CC1CCCCC1)N=C2c1cccc(OCc2ccccc2)c1. The van der Waals surface area contributed by atoms with Crippen LogP contribution in [0.25, 0.3) is 0 Å². The average molecular weight is 433 g/mol. The van der Waals surface area contributed by atoms with Crippen LogP contribution in [0.4, 0.5) is 0 Å². The number of quaternary nitrogens is 1. The first-order chi connectivity index (χ1) is 15.2. The standard InChI is InChI=1S/C26H27ClN3O/c27-30-15-14-28-18-25(30)24(16-20-8-3-1-4-9-20)29-26(30)22-12-7-13-23(17-22)31-19-21-10-5-2-6-11-21/h2,5-7,10-15,17-18,20H,1,3-4,8-9,16,19H2/q+1. The molecule has 0 N–H and O–H groups in total. The Balaban J connectivity index is 1.40. The number of nitrogens with zero attached hydrogens (tertiary/aromatic N) is 3. The van der Waals surface area contributed by atoms with E-state index in [4.69, 9.17) is 21.5 Å². The van der Waals surface area contributed by atoms with E-state index in [2.05, 4.69) is 23.2 Å². The lowest BCUT2D eigenvalue weighted by Crippen LogP contribution is -2.37. The van der Waals surface area contributed by atoms with Crippen LogP contribution in [0.2, 0.25) is 0 Å². The maximum absolute atomic E-state index is 7.14. The van der Waals surface area contributed by atoms with Crippen LogP contribution in [-0.2, 0) is 6.61 Å². The van der Waals surface area contributed by atoms with Gasteiger partial charge in [-0.1, -0.05) is 68.5 Å². The molecule has 2 aromatic rings. The molecule has 1 aliphatic carbocycles. The van der Waals surface area contributed by atoms with E-state index in [1.807, 2.05) is 48.8 Å². The second-order valence-corrected chi connectivity index (χ2v) is 9.02. The molecule has 0 spiro atoms. The molecule has 2 aliphatic heterocycles. The molecule has 1 saturated carbocycles. The van der Waals surface area contributed by atoms with Crippen LogP contribution in [0.15, 0.2) is 88.4 Å². The zero-order chi connectivity index (χ0) is 21.1. The summed E-state index contributed by atoms with van der Waals surface area (Å²) in [5.41, 5.74) is 4.15. The van der Waals surface area contributed by atoms with Gasteiger partial charge in [-0.05, 0) is 36.1 Å². The fraction of sp³-hybridized carbons (Fsp3) is 0.308. The number of hydrogen-bond donors (Lipinski definition) is 0. The fourth-order valence-electron chi connectivity index (χ4n) is 4.65. The Labute approximate surface area is 188 Å². The number of ether oxygens (including phenoxy) is 1. The van der Waals surface area contributed by atoms with Gasteiger partial charge in [-0.15, -0.1) is 4.00 Å². The first-order valence-corrected chi connectivity index (χ1v) is 11.5. The van der Waals surface area contributed by atoms with Crippen molar-refractivity contribution in [2.75, 3.05) is 0 Å². The summed E-state index contributed by atoms with van der Waals surface area (Å²) in [7, 11) is 0. The molecule has 2 heterocycles. The lowest BCUT2D eigenvalue weighted by Gasteiger charge is -2.24. The molecule has 0 aromatic heterocycles. The summed E-state index contributed by atoms with van der Waals surface area (Å²) >= 11 is 7.14. The molecular weight excluding hydrogens is 406 g/mol. The summed E-state index contributed by atoms with van der Waals surface area (Å²) in [6, 6.07) is 18.3. The number of aliphatic imine (C=N–C) groups is 2. The van der Waals surface area contributed by atoms with Crippen LogP contribution in [0.3, 0.4) is 0 Å². The molecule has 31 heavy (non-hydrogen) atoms. The van der Waals surface area contributed by atoms with Gasteiger partial charge in [0.1, 0.15) is 24.3 Å². The van der Waals surface area contributed by atoms with Crippen molar-refractivity contribution in [2.45, 2.75) is 45.1 Å². The van der Waals surface area contributed by atoms with Crippen molar-refractivity contribution >= 4 is 23.8 Å². The third-order valence-electron chi connectivity index (χ3n) is 6.30. The molecule has 1 fully saturated rings. The van der Waals surface area contributed by atoms with Crippen molar-refractivity contribution in [1.29, 1.82) is 0 Å². The highest BCUT2D eigenvalue weighted by molar-refractivity contribution is 6.20. The molecule has 1 atom stereocenters. The largest absolute Gasteiger partial charge is 0.489 e. The fourth-order valence-corrected chi connectivity index (χ4v) is 4.97. The number of amidine groups is 1. The van der Waals surface area contributed by atoms with E-state index in [0.717, 1.165) is 40.5 Å². The van der Waals surface area contributed by atoms with E-state index in [0.29, 0.717) is 12.5 Å². The highest BCUT2D eigenvalue weighted by atomic mass is 35.5. The summed E-state index contributed by atoms with van der Waals surface area (Å²) in [5.74, 6) is 2.31. The topological polar surface area (TPSA) is 34.0 Å². The molecule has 4 nitrogen and oxygen atoms in total. The minimum Gasteiger partial charge on any atom is -0.489 e. The smallest absolute Gasteiger partial charge is 0.263 e. The number of hydrogen-bond acceptors (Lipinski definition) is 3. The van der Waals surface area contributed by atoms with Crippen LogP contribution in [-0.4, -0.2) is 16.1 Å². The average Bonchev–Trinajstić information content (AvgIpc) is 3.11. The first kappa shape index (κ1) is 20.2. The van der Waals surface area contributed by atoms with Crippen LogP contribution >= 0.6 is 11.8 Å². The summed E-state index contributed by atoms with van der Waals surface area (Å²) in [4.78, 5) is 9.42. The van der Waals surface area contributed by atoms with Gasteiger partial charge in [-0.3, -0.25) is 4.99 Å². The van der Waals surface area contributed by atoms with E-state index in [-0.39, 0.29) is 4.00 Å². The summed E-state index contributed by atoms with van der Waals surface area (Å²) in [6.45, 7) is 0.528. The van der Waals surface area contributed by atoms with Crippen LogP contribution in [0.1, 0.15) is 49.7 Å². The lowest BCUT2D eigenvalue weighted by molar-refractivity contribution is -0.600. The minimum absolute atomic E-state index is 0.0493. The molecule has 0 bridgehead atoms. The third kappa shape index (κ3) is 4.23. The third-order valence-corrected chi connectivity index (χ3v) is 6.75. The van der Waals surface area contributed by atoms with Crippen molar-refractivity contribution in [2.24, 2.45) is 15.9 Å². The van der Waals surface area contributed by atoms with Gasteiger partial charge in [0.15, 0.2) is 11.8 Å². The first-order valence-electron chi connectivity index (χ1n) is 11.1. The normalized spacial score (nSPS) is 23.1. The molecule has 5 rings (SSSR count). The van der Waals surface area contributed by atoms with E-state index >= 15 is 0 Å². The zero-order valence-electron chi connectivity index (χ0n) is 17.6. The Bertz CT molecular complexity index is 1070.